The summed E-state index contributed by atoms with van der Waals surface area (Å²) in [6.45, 7) is 5.42. The van der Waals surface area contributed by atoms with Crippen LogP contribution in [0.2, 0.25) is 0 Å². The van der Waals surface area contributed by atoms with Gasteiger partial charge in [-0.05, 0) is 36.6 Å². The van der Waals surface area contributed by atoms with Gasteiger partial charge in [-0.2, -0.15) is 0 Å². The third-order valence-corrected chi connectivity index (χ3v) is 5.69. The van der Waals surface area contributed by atoms with Gasteiger partial charge in [0.1, 0.15) is 0 Å². The number of aliphatic imine (C=N–C) groups is 1. The molecule has 0 unspecified atom stereocenters. The molecule has 0 atom stereocenters. The maximum Gasteiger partial charge on any atom is 0.240 e. The predicted molar refractivity (Wildman–Crippen MR) is 110 cm³/mol. The van der Waals surface area contributed by atoms with Crippen LogP contribution in [0.15, 0.2) is 58.4 Å². The van der Waals surface area contributed by atoms with E-state index in [2.05, 4.69) is 39.4 Å². The minimum atomic E-state index is -3.50. The maximum absolute atomic E-state index is 12.3. The van der Waals surface area contributed by atoms with E-state index in [1.165, 1.54) is 11.1 Å². The van der Waals surface area contributed by atoms with Gasteiger partial charge in [0.25, 0.3) is 0 Å². The summed E-state index contributed by atoms with van der Waals surface area (Å²) in [4.78, 5) is 4.45. The second-order valence-corrected chi connectivity index (χ2v) is 7.95. The Morgan fingerprint density at radius 1 is 0.963 bits per heavy atom. The lowest BCUT2D eigenvalue weighted by Crippen LogP contribution is -2.41. The number of nitrogens with one attached hydrogen (secondary N) is 3. The first-order chi connectivity index (χ1) is 13.0. The van der Waals surface area contributed by atoms with E-state index < -0.39 is 10.0 Å². The second kappa shape index (κ2) is 10.1. The van der Waals surface area contributed by atoms with Crippen molar-refractivity contribution >= 4 is 16.0 Å². The van der Waals surface area contributed by atoms with Gasteiger partial charge in [0.05, 0.1) is 4.90 Å². The highest BCUT2D eigenvalue weighted by Gasteiger charge is 2.12. The quantitative estimate of drug-likeness (QED) is 0.368. The SMILES string of the molecule is CCc1ccccc1CNC(=NC)NCCNS(=O)(=O)c1ccc(C)cc1. The smallest absolute Gasteiger partial charge is 0.240 e. The topological polar surface area (TPSA) is 82.6 Å². The van der Waals surface area contributed by atoms with Crippen LogP contribution in [-0.2, 0) is 23.0 Å². The molecule has 0 aliphatic carbocycles. The lowest BCUT2D eigenvalue weighted by atomic mass is 10.1. The molecule has 0 fully saturated rings. The van der Waals surface area contributed by atoms with Crippen molar-refractivity contribution in [3.05, 3.63) is 65.2 Å². The molecule has 0 spiro atoms. The molecule has 0 bridgehead atoms. The first-order valence-electron chi connectivity index (χ1n) is 9.04. The Kier molecular flexibility index (Phi) is 7.82. The Morgan fingerprint density at radius 2 is 1.63 bits per heavy atom. The summed E-state index contributed by atoms with van der Waals surface area (Å²) in [6.07, 6.45) is 0.977. The molecule has 7 heteroatoms. The standard InChI is InChI=1S/C20H28N4O2S/c1-4-17-7-5-6-8-18(17)15-23-20(21-3)22-13-14-24-27(25,26)19-11-9-16(2)10-12-19/h5-12,24H,4,13-15H2,1-3H3,(H2,21,22,23). The molecule has 2 aromatic rings. The van der Waals surface area contributed by atoms with E-state index in [0.29, 0.717) is 19.0 Å². The second-order valence-electron chi connectivity index (χ2n) is 6.19. The third-order valence-electron chi connectivity index (χ3n) is 4.21. The summed E-state index contributed by atoms with van der Waals surface area (Å²) in [6, 6.07) is 15.1. The minimum Gasteiger partial charge on any atom is -0.355 e. The Balaban J connectivity index is 1.80. The van der Waals surface area contributed by atoms with Crippen molar-refractivity contribution in [2.45, 2.75) is 31.7 Å². The van der Waals surface area contributed by atoms with Gasteiger partial charge in [-0.1, -0.05) is 48.9 Å². The van der Waals surface area contributed by atoms with Gasteiger partial charge >= 0.3 is 0 Å². The summed E-state index contributed by atoms with van der Waals surface area (Å²) in [7, 11) is -1.80. The lowest BCUT2D eigenvalue weighted by molar-refractivity contribution is 0.580. The van der Waals surface area contributed by atoms with E-state index in [9.17, 15) is 8.42 Å². The normalized spacial score (nSPS) is 12.0. The number of rotatable bonds is 8. The molecule has 0 saturated heterocycles. The number of aryl methyl sites for hydroxylation is 2. The van der Waals surface area contributed by atoms with E-state index in [-0.39, 0.29) is 11.4 Å². The molecule has 0 aliphatic rings. The highest BCUT2D eigenvalue weighted by Crippen LogP contribution is 2.10. The number of hydrogen-bond acceptors (Lipinski definition) is 3. The Morgan fingerprint density at radius 3 is 2.26 bits per heavy atom. The van der Waals surface area contributed by atoms with Crippen LogP contribution in [0.25, 0.3) is 0 Å². The van der Waals surface area contributed by atoms with E-state index in [1.807, 2.05) is 19.1 Å². The summed E-state index contributed by atoms with van der Waals surface area (Å²) >= 11 is 0. The van der Waals surface area contributed by atoms with E-state index in [0.717, 1.165) is 12.0 Å². The monoisotopic (exact) mass is 388 g/mol. The number of sulfonamides is 1. The van der Waals surface area contributed by atoms with Crippen molar-refractivity contribution in [2.75, 3.05) is 20.1 Å². The minimum absolute atomic E-state index is 0.266. The Labute approximate surface area is 162 Å². The molecule has 27 heavy (non-hydrogen) atoms. The zero-order chi connectivity index (χ0) is 19.7. The molecule has 0 heterocycles. The van der Waals surface area contributed by atoms with Crippen molar-refractivity contribution in [3.8, 4) is 0 Å². The van der Waals surface area contributed by atoms with Crippen molar-refractivity contribution in [1.29, 1.82) is 0 Å². The van der Waals surface area contributed by atoms with Crippen molar-refractivity contribution < 1.29 is 8.42 Å². The largest absolute Gasteiger partial charge is 0.355 e. The fourth-order valence-electron chi connectivity index (χ4n) is 2.64. The molecule has 0 saturated carbocycles. The molecule has 0 radical (unpaired) electrons. The first kappa shape index (κ1) is 20.9. The molecular formula is C20H28N4O2S. The van der Waals surface area contributed by atoms with Crippen LogP contribution in [0.5, 0.6) is 0 Å². The predicted octanol–water partition coefficient (Wildman–Crippen LogP) is 2.20. The van der Waals surface area contributed by atoms with Crippen molar-refractivity contribution in [1.82, 2.24) is 15.4 Å². The van der Waals surface area contributed by atoms with Crippen molar-refractivity contribution in [3.63, 3.8) is 0 Å². The van der Waals surface area contributed by atoms with Crippen LogP contribution < -0.4 is 15.4 Å². The number of benzene rings is 2. The molecular weight excluding hydrogens is 360 g/mol. The average molecular weight is 389 g/mol. The summed E-state index contributed by atoms with van der Waals surface area (Å²) in [5, 5.41) is 6.38. The lowest BCUT2D eigenvalue weighted by Gasteiger charge is -2.14. The number of hydrogen-bond donors (Lipinski definition) is 3. The fraction of sp³-hybridized carbons (Fsp3) is 0.350. The van der Waals surface area contributed by atoms with Gasteiger partial charge in [-0.25, -0.2) is 13.1 Å². The van der Waals surface area contributed by atoms with Gasteiger partial charge in [0, 0.05) is 26.7 Å². The molecule has 6 nitrogen and oxygen atoms in total. The average Bonchev–Trinajstić information content (AvgIpc) is 2.68. The van der Waals surface area contributed by atoms with Gasteiger partial charge in [0.15, 0.2) is 5.96 Å². The van der Waals surface area contributed by atoms with Crippen LogP contribution in [0, 0.1) is 6.92 Å². The third kappa shape index (κ3) is 6.37. The Bertz CT molecular complexity index is 862. The van der Waals surface area contributed by atoms with Crippen LogP contribution in [0.4, 0.5) is 0 Å². The summed E-state index contributed by atoms with van der Waals surface area (Å²) in [5.41, 5.74) is 3.55. The number of guanidine groups is 1. The van der Waals surface area contributed by atoms with Gasteiger partial charge < -0.3 is 10.6 Å². The zero-order valence-corrected chi connectivity index (χ0v) is 16.9. The van der Waals surface area contributed by atoms with Crippen LogP contribution in [0.1, 0.15) is 23.6 Å². The molecule has 146 valence electrons. The molecule has 0 amide bonds. The molecule has 2 aromatic carbocycles. The maximum atomic E-state index is 12.3. The summed E-state index contributed by atoms with van der Waals surface area (Å²) < 4.78 is 27.1. The number of nitrogens with zero attached hydrogens (tertiary/aromatic N) is 1. The molecule has 0 aromatic heterocycles. The van der Waals surface area contributed by atoms with Crippen LogP contribution in [-0.4, -0.2) is 34.5 Å². The van der Waals surface area contributed by atoms with Gasteiger partial charge in [-0.3, -0.25) is 4.99 Å². The van der Waals surface area contributed by atoms with E-state index >= 15 is 0 Å². The highest BCUT2D eigenvalue weighted by atomic mass is 32.2. The first-order valence-corrected chi connectivity index (χ1v) is 10.5. The molecule has 2 rings (SSSR count). The zero-order valence-electron chi connectivity index (χ0n) is 16.1. The van der Waals surface area contributed by atoms with E-state index in [1.54, 1.807) is 31.3 Å². The molecule has 0 aliphatic heterocycles. The van der Waals surface area contributed by atoms with E-state index in [4.69, 9.17) is 0 Å². The fourth-order valence-corrected chi connectivity index (χ4v) is 3.67. The Hall–Kier alpha value is -2.38. The van der Waals surface area contributed by atoms with Gasteiger partial charge in [0.2, 0.25) is 10.0 Å². The van der Waals surface area contributed by atoms with Crippen LogP contribution in [0.3, 0.4) is 0 Å². The summed E-state index contributed by atoms with van der Waals surface area (Å²) in [5.74, 6) is 0.635. The molecule has 3 N–H and O–H groups in total. The van der Waals surface area contributed by atoms with Crippen molar-refractivity contribution in [2.24, 2.45) is 4.99 Å². The van der Waals surface area contributed by atoms with Crippen LogP contribution >= 0.6 is 0 Å². The van der Waals surface area contributed by atoms with Gasteiger partial charge in [-0.15, -0.1) is 0 Å². The highest BCUT2D eigenvalue weighted by molar-refractivity contribution is 7.89.